The molecule has 0 aliphatic carbocycles. The van der Waals surface area contributed by atoms with Crippen molar-refractivity contribution in [3.63, 3.8) is 0 Å². The zero-order valence-electron chi connectivity index (χ0n) is 5.29. The highest BCUT2D eigenvalue weighted by atomic mass is 127. The molecule has 0 bridgehead atoms. The molecule has 0 fully saturated rings. The van der Waals surface area contributed by atoms with Crippen LogP contribution in [0.1, 0.15) is 5.56 Å². The highest BCUT2D eigenvalue weighted by molar-refractivity contribution is 14.1. The normalized spacial score (nSPS) is 10.0. The fourth-order valence-corrected chi connectivity index (χ4v) is 2.61. The molecule has 0 atom stereocenters. The number of hydrogen-bond donors (Lipinski definition) is 0. The second-order valence-corrected chi connectivity index (χ2v) is 5.19. The maximum absolute atomic E-state index is 3.47. The van der Waals surface area contributed by atoms with Crippen LogP contribution in [0.25, 0.3) is 0 Å². The van der Waals surface area contributed by atoms with Crippen molar-refractivity contribution in [3.8, 4) is 0 Å². The second kappa shape index (κ2) is 3.71. The number of hydrogen-bond acceptors (Lipinski definition) is 0. The van der Waals surface area contributed by atoms with Crippen LogP contribution in [0.5, 0.6) is 0 Å². The van der Waals surface area contributed by atoms with Crippen molar-refractivity contribution in [2.24, 2.45) is 0 Å². The molecule has 0 aliphatic heterocycles. The summed E-state index contributed by atoms with van der Waals surface area (Å²) in [7, 11) is 0. The van der Waals surface area contributed by atoms with Crippen LogP contribution in [-0.4, -0.2) is 0 Å². The zero-order valence-corrected chi connectivity index (χ0v) is 11.2. The van der Waals surface area contributed by atoms with E-state index in [0.717, 1.165) is 0 Å². The highest BCUT2D eigenvalue weighted by Crippen LogP contribution is 2.23. The Morgan fingerprint density at radius 1 is 1.20 bits per heavy atom. The number of rotatable bonds is 0. The molecule has 54 valence electrons. The summed E-state index contributed by atoms with van der Waals surface area (Å²) in [5.74, 6) is 0. The molecule has 0 N–H and O–H groups in total. The molecular formula is C7H5BrI2. The van der Waals surface area contributed by atoms with Gasteiger partial charge in [-0.2, -0.15) is 0 Å². The van der Waals surface area contributed by atoms with Gasteiger partial charge in [-0.3, -0.25) is 0 Å². The van der Waals surface area contributed by atoms with Crippen molar-refractivity contribution in [3.05, 3.63) is 29.3 Å². The van der Waals surface area contributed by atoms with Crippen molar-refractivity contribution in [2.75, 3.05) is 0 Å². The quantitative estimate of drug-likeness (QED) is 0.438. The van der Waals surface area contributed by atoms with E-state index in [0.29, 0.717) is 0 Å². The molecule has 0 spiro atoms. The molecule has 3 heteroatoms. The molecule has 0 nitrogen and oxygen atoms in total. The molecule has 0 saturated carbocycles. The third-order valence-electron chi connectivity index (χ3n) is 1.20. The Morgan fingerprint density at radius 3 is 2.30 bits per heavy atom. The predicted octanol–water partition coefficient (Wildman–Crippen LogP) is 3.97. The molecule has 0 aliphatic rings. The van der Waals surface area contributed by atoms with Gasteiger partial charge >= 0.3 is 0 Å². The van der Waals surface area contributed by atoms with Gasteiger partial charge in [-0.15, -0.1) is 0 Å². The summed E-state index contributed by atoms with van der Waals surface area (Å²) in [5.41, 5.74) is 1.33. The summed E-state index contributed by atoms with van der Waals surface area (Å²) in [5, 5.41) is 0. The molecule has 0 unspecified atom stereocenters. The van der Waals surface area contributed by atoms with Gasteiger partial charge in [0.1, 0.15) is 0 Å². The summed E-state index contributed by atoms with van der Waals surface area (Å²) in [6.07, 6.45) is 0. The van der Waals surface area contributed by atoms with Gasteiger partial charge in [0.2, 0.25) is 0 Å². The van der Waals surface area contributed by atoms with E-state index in [9.17, 15) is 0 Å². The molecule has 0 aromatic heterocycles. The van der Waals surface area contributed by atoms with Crippen molar-refractivity contribution in [1.82, 2.24) is 0 Å². The minimum Gasteiger partial charge on any atom is -0.0497 e. The van der Waals surface area contributed by atoms with Crippen LogP contribution in [0.3, 0.4) is 0 Å². The predicted molar refractivity (Wildman–Crippen MR) is 64.3 cm³/mol. The first-order valence-electron chi connectivity index (χ1n) is 2.72. The van der Waals surface area contributed by atoms with Crippen LogP contribution in [0.2, 0.25) is 0 Å². The van der Waals surface area contributed by atoms with Gasteiger partial charge in [0.05, 0.1) is 0 Å². The van der Waals surface area contributed by atoms with Crippen LogP contribution in [0, 0.1) is 14.1 Å². The number of aryl methyl sites for hydroxylation is 1. The maximum Gasteiger partial charge on any atom is 0.0312 e. The average Bonchev–Trinajstić information content (AvgIpc) is 1.84. The van der Waals surface area contributed by atoms with Crippen molar-refractivity contribution < 1.29 is 0 Å². The molecule has 1 aromatic carbocycles. The SMILES string of the molecule is Cc1cc(Br)c(I)cc1I. The Hall–Kier alpha value is 1.16. The molecule has 0 radical (unpaired) electrons. The van der Waals surface area contributed by atoms with Gasteiger partial charge in [-0.1, -0.05) is 0 Å². The van der Waals surface area contributed by atoms with Crippen LogP contribution < -0.4 is 0 Å². The Balaban J connectivity index is 3.28. The van der Waals surface area contributed by atoms with Gasteiger partial charge in [0, 0.05) is 11.6 Å². The minimum absolute atomic E-state index is 1.19. The molecule has 0 amide bonds. The Kier molecular flexibility index (Phi) is 3.43. The van der Waals surface area contributed by atoms with E-state index in [4.69, 9.17) is 0 Å². The third kappa shape index (κ3) is 2.07. The molecular weight excluding hydrogens is 418 g/mol. The lowest BCUT2D eigenvalue weighted by Gasteiger charge is -2.00. The lowest BCUT2D eigenvalue weighted by Crippen LogP contribution is -1.82. The van der Waals surface area contributed by atoms with Crippen molar-refractivity contribution >= 4 is 61.1 Å². The average molecular weight is 423 g/mol. The van der Waals surface area contributed by atoms with E-state index in [-0.39, 0.29) is 0 Å². The summed E-state index contributed by atoms with van der Waals surface area (Å²) in [6, 6.07) is 4.31. The van der Waals surface area contributed by atoms with Gasteiger partial charge in [-0.05, 0) is 85.7 Å². The summed E-state index contributed by atoms with van der Waals surface area (Å²) in [6.45, 7) is 2.11. The first kappa shape index (κ1) is 9.25. The van der Waals surface area contributed by atoms with E-state index in [2.05, 4.69) is 80.2 Å². The second-order valence-electron chi connectivity index (χ2n) is 2.02. The smallest absolute Gasteiger partial charge is 0.0312 e. The standard InChI is InChI=1S/C7H5BrI2/c1-4-2-5(8)7(10)3-6(4)9/h2-3H,1H3. The lowest BCUT2D eigenvalue weighted by atomic mass is 10.2. The van der Waals surface area contributed by atoms with Gasteiger partial charge < -0.3 is 0 Å². The van der Waals surface area contributed by atoms with E-state index >= 15 is 0 Å². The summed E-state index contributed by atoms with van der Waals surface area (Å²) < 4.78 is 3.78. The van der Waals surface area contributed by atoms with E-state index in [1.807, 2.05) is 0 Å². The first-order chi connectivity index (χ1) is 4.61. The summed E-state index contributed by atoms with van der Waals surface area (Å²) in [4.78, 5) is 0. The Bertz CT molecular complexity index is 208. The third-order valence-corrected chi connectivity index (χ3v) is 4.65. The topological polar surface area (TPSA) is 0 Å². The molecule has 1 rings (SSSR count). The number of benzene rings is 1. The Morgan fingerprint density at radius 2 is 1.80 bits per heavy atom. The van der Waals surface area contributed by atoms with E-state index in [1.165, 1.54) is 17.2 Å². The molecule has 0 saturated heterocycles. The zero-order chi connectivity index (χ0) is 7.72. The number of halogens is 3. The highest BCUT2D eigenvalue weighted by Gasteiger charge is 1.99. The van der Waals surface area contributed by atoms with Crippen molar-refractivity contribution in [2.45, 2.75) is 6.92 Å². The van der Waals surface area contributed by atoms with Crippen LogP contribution >= 0.6 is 61.1 Å². The van der Waals surface area contributed by atoms with E-state index in [1.54, 1.807) is 0 Å². The fourth-order valence-electron chi connectivity index (χ4n) is 0.622. The fraction of sp³-hybridized carbons (Fsp3) is 0.143. The first-order valence-corrected chi connectivity index (χ1v) is 5.67. The lowest BCUT2D eigenvalue weighted by molar-refractivity contribution is 1.39. The minimum atomic E-state index is 1.19. The summed E-state index contributed by atoms with van der Waals surface area (Å²) >= 11 is 8.13. The molecule has 10 heavy (non-hydrogen) atoms. The molecule has 0 heterocycles. The van der Waals surface area contributed by atoms with Gasteiger partial charge in [0.25, 0.3) is 0 Å². The van der Waals surface area contributed by atoms with E-state index < -0.39 is 0 Å². The van der Waals surface area contributed by atoms with Crippen molar-refractivity contribution in [1.29, 1.82) is 0 Å². The van der Waals surface area contributed by atoms with Crippen LogP contribution in [0.4, 0.5) is 0 Å². The monoisotopic (exact) mass is 422 g/mol. The largest absolute Gasteiger partial charge is 0.0497 e. The van der Waals surface area contributed by atoms with Crippen LogP contribution in [0.15, 0.2) is 16.6 Å². The van der Waals surface area contributed by atoms with Crippen LogP contribution in [-0.2, 0) is 0 Å². The van der Waals surface area contributed by atoms with Gasteiger partial charge in [0.15, 0.2) is 0 Å². The Labute approximate surface area is 96.2 Å². The molecule has 1 aromatic rings. The van der Waals surface area contributed by atoms with Gasteiger partial charge in [-0.25, -0.2) is 0 Å². The maximum atomic E-state index is 3.47.